The molecule has 2 N–H and O–H groups in total. The van der Waals surface area contributed by atoms with Crippen molar-refractivity contribution in [3.63, 3.8) is 0 Å². The third kappa shape index (κ3) is 5.03. The minimum Gasteiger partial charge on any atom is -0.478 e. The van der Waals surface area contributed by atoms with Crippen molar-refractivity contribution in [3.05, 3.63) is 102 Å². The van der Waals surface area contributed by atoms with E-state index in [1.54, 1.807) is 30.5 Å². The Bertz CT molecular complexity index is 1280. The number of carboxylic acids is 1. The van der Waals surface area contributed by atoms with Gasteiger partial charge in [0.15, 0.2) is 0 Å². The summed E-state index contributed by atoms with van der Waals surface area (Å²) in [5.74, 6) is -1.47. The van der Waals surface area contributed by atoms with E-state index in [0.29, 0.717) is 28.2 Å². The van der Waals surface area contributed by atoms with Gasteiger partial charge in [-0.25, -0.2) is 13.9 Å². The zero-order chi connectivity index (χ0) is 23.6. The Kier molecular flexibility index (Phi) is 5.87. The number of aromatic nitrogens is 2. The lowest BCUT2D eigenvalue weighted by molar-refractivity contribution is -0.137. The van der Waals surface area contributed by atoms with Crippen molar-refractivity contribution < 1.29 is 27.5 Å². The van der Waals surface area contributed by atoms with Crippen LogP contribution in [0.3, 0.4) is 0 Å². The minimum atomic E-state index is -4.45. The smallest absolute Gasteiger partial charge is 0.416 e. The van der Waals surface area contributed by atoms with Crippen molar-refractivity contribution in [1.82, 2.24) is 9.78 Å². The molecule has 0 fully saturated rings. The molecule has 0 spiro atoms. The highest BCUT2D eigenvalue weighted by molar-refractivity contribution is 5.87. The van der Waals surface area contributed by atoms with Crippen molar-refractivity contribution >= 4 is 11.7 Å². The predicted octanol–water partition coefficient (Wildman–Crippen LogP) is 6.01. The number of nitrogens with zero attached hydrogens (tertiary/aromatic N) is 2. The highest BCUT2D eigenvalue weighted by atomic mass is 19.4. The topological polar surface area (TPSA) is 67.2 Å². The summed E-state index contributed by atoms with van der Waals surface area (Å²) in [5.41, 5.74) is 2.02. The molecule has 9 heteroatoms. The molecule has 168 valence electrons. The zero-order valence-electron chi connectivity index (χ0n) is 17.0. The van der Waals surface area contributed by atoms with Gasteiger partial charge in [0.05, 0.1) is 22.5 Å². The number of aromatic carboxylic acids is 1. The van der Waals surface area contributed by atoms with Crippen LogP contribution in [0.1, 0.15) is 21.5 Å². The minimum absolute atomic E-state index is 0.113. The molecule has 3 aromatic carbocycles. The van der Waals surface area contributed by atoms with E-state index in [-0.39, 0.29) is 12.1 Å². The summed E-state index contributed by atoms with van der Waals surface area (Å²) in [6.07, 6.45) is -2.76. The molecule has 0 aliphatic carbocycles. The second-order valence-corrected chi connectivity index (χ2v) is 7.24. The first-order valence-electron chi connectivity index (χ1n) is 9.80. The van der Waals surface area contributed by atoms with Gasteiger partial charge in [-0.3, -0.25) is 0 Å². The van der Waals surface area contributed by atoms with Crippen LogP contribution in [-0.4, -0.2) is 20.9 Å². The number of nitrogens with one attached hydrogen (secondary N) is 1. The molecule has 1 heterocycles. The van der Waals surface area contributed by atoms with Crippen molar-refractivity contribution in [2.45, 2.75) is 12.7 Å². The van der Waals surface area contributed by atoms with Crippen LogP contribution >= 0.6 is 0 Å². The van der Waals surface area contributed by atoms with Crippen LogP contribution in [-0.2, 0) is 12.7 Å². The average molecular weight is 455 g/mol. The number of anilines is 1. The Morgan fingerprint density at radius 1 is 1.00 bits per heavy atom. The predicted molar refractivity (Wildman–Crippen MR) is 115 cm³/mol. The molecule has 1 aromatic heterocycles. The molecule has 0 atom stereocenters. The number of halogens is 4. The first-order chi connectivity index (χ1) is 15.7. The standard InChI is InChI=1S/C24H17F4N3O2/c25-19-2-1-3-20(12-19)29-13-17-14-31(21-10-6-16(7-11-21)23(32)33)30-22(17)15-4-8-18(9-5-15)24(26,27)28/h1-12,14,29H,13H2,(H,32,33). The molecule has 0 amide bonds. The van der Waals surface area contributed by atoms with Gasteiger partial charge in [0.1, 0.15) is 5.82 Å². The third-order valence-corrected chi connectivity index (χ3v) is 4.96. The molecule has 0 aliphatic rings. The Balaban J connectivity index is 1.70. The maximum atomic E-state index is 13.5. The van der Waals surface area contributed by atoms with Crippen LogP contribution in [0.15, 0.2) is 79.0 Å². The van der Waals surface area contributed by atoms with Gasteiger partial charge in [-0.2, -0.15) is 18.3 Å². The number of hydrogen-bond acceptors (Lipinski definition) is 3. The van der Waals surface area contributed by atoms with Gasteiger partial charge in [-0.1, -0.05) is 18.2 Å². The lowest BCUT2D eigenvalue weighted by Gasteiger charge is -2.09. The van der Waals surface area contributed by atoms with Gasteiger partial charge in [0, 0.05) is 29.6 Å². The summed E-state index contributed by atoms with van der Waals surface area (Å²) in [7, 11) is 0. The first kappa shape index (κ1) is 22.1. The number of rotatable bonds is 6. The van der Waals surface area contributed by atoms with Gasteiger partial charge in [-0.15, -0.1) is 0 Å². The van der Waals surface area contributed by atoms with Crippen LogP contribution in [0.25, 0.3) is 16.9 Å². The molecule has 0 unspecified atom stereocenters. The molecular formula is C24H17F4N3O2. The fourth-order valence-corrected chi connectivity index (χ4v) is 3.28. The summed E-state index contributed by atoms with van der Waals surface area (Å²) in [6.45, 7) is 0.229. The molecule has 0 saturated heterocycles. The van der Waals surface area contributed by atoms with Crippen LogP contribution in [0.2, 0.25) is 0 Å². The van der Waals surface area contributed by atoms with Gasteiger partial charge in [0.25, 0.3) is 0 Å². The Hall–Kier alpha value is -4.14. The molecule has 0 aliphatic heterocycles. The van der Waals surface area contributed by atoms with Crippen LogP contribution in [0.5, 0.6) is 0 Å². The largest absolute Gasteiger partial charge is 0.478 e. The molecule has 33 heavy (non-hydrogen) atoms. The number of carbonyl (C=O) groups is 1. The highest BCUT2D eigenvalue weighted by Gasteiger charge is 2.30. The highest BCUT2D eigenvalue weighted by Crippen LogP contribution is 2.32. The fourth-order valence-electron chi connectivity index (χ4n) is 3.28. The molecule has 0 saturated carbocycles. The van der Waals surface area contributed by atoms with E-state index in [2.05, 4.69) is 10.4 Å². The molecule has 4 rings (SSSR count). The van der Waals surface area contributed by atoms with E-state index < -0.39 is 23.5 Å². The molecule has 0 bridgehead atoms. The van der Waals surface area contributed by atoms with E-state index in [4.69, 9.17) is 5.11 Å². The summed E-state index contributed by atoms with van der Waals surface area (Å²) < 4.78 is 53.9. The number of carboxylic acid groups (broad SMARTS) is 1. The first-order valence-corrected chi connectivity index (χ1v) is 9.80. The van der Waals surface area contributed by atoms with Crippen molar-refractivity contribution in [2.75, 3.05) is 5.32 Å². The van der Waals surface area contributed by atoms with E-state index in [9.17, 15) is 22.4 Å². The SMILES string of the molecule is O=C(O)c1ccc(-n2cc(CNc3cccc(F)c3)c(-c3ccc(C(F)(F)F)cc3)n2)cc1. The molecule has 0 radical (unpaired) electrons. The van der Waals surface area contributed by atoms with E-state index in [1.165, 1.54) is 41.1 Å². The number of benzene rings is 3. The normalized spacial score (nSPS) is 11.4. The average Bonchev–Trinajstić information content (AvgIpc) is 3.21. The fraction of sp³-hybridized carbons (Fsp3) is 0.0833. The summed E-state index contributed by atoms with van der Waals surface area (Å²) in [5, 5.41) is 16.7. The molecular weight excluding hydrogens is 438 g/mol. The van der Waals surface area contributed by atoms with Crippen LogP contribution < -0.4 is 5.32 Å². The van der Waals surface area contributed by atoms with E-state index in [0.717, 1.165) is 12.1 Å². The summed E-state index contributed by atoms with van der Waals surface area (Å²) in [4.78, 5) is 11.1. The van der Waals surface area contributed by atoms with Crippen molar-refractivity contribution in [1.29, 1.82) is 0 Å². The monoisotopic (exact) mass is 455 g/mol. The van der Waals surface area contributed by atoms with E-state index >= 15 is 0 Å². The van der Waals surface area contributed by atoms with Gasteiger partial charge in [0.2, 0.25) is 0 Å². The zero-order valence-corrected chi connectivity index (χ0v) is 17.0. The lowest BCUT2D eigenvalue weighted by Crippen LogP contribution is -2.04. The summed E-state index contributed by atoms with van der Waals surface area (Å²) >= 11 is 0. The molecule has 4 aromatic rings. The lowest BCUT2D eigenvalue weighted by atomic mass is 10.1. The van der Waals surface area contributed by atoms with Crippen LogP contribution in [0.4, 0.5) is 23.2 Å². The summed E-state index contributed by atoms with van der Waals surface area (Å²) in [6, 6.07) is 16.6. The Labute approximate surface area is 185 Å². The quantitative estimate of drug-likeness (QED) is 0.350. The van der Waals surface area contributed by atoms with Crippen molar-refractivity contribution in [2.24, 2.45) is 0 Å². The van der Waals surface area contributed by atoms with Gasteiger partial charge in [-0.05, 0) is 54.6 Å². The van der Waals surface area contributed by atoms with E-state index in [1.807, 2.05) is 0 Å². The third-order valence-electron chi connectivity index (χ3n) is 4.96. The van der Waals surface area contributed by atoms with Crippen molar-refractivity contribution in [3.8, 4) is 16.9 Å². The second kappa shape index (κ2) is 8.78. The second-order valence-electron chi connectivity index (χ2n) is 7.24. The van der Waals surface area contributed by atoms with Crippen LogP contribution in [0, 0.1) is 5.82 Å². The van der Waals surface area contributed by atoms with Gasteiger partial charge < -0.3 is 10.4 Å². The van der Waals surface area contributed by atoms with Gasteiger partial charge >= 0.3 is 12.1 Å². The maximum absolute atomic E-state index is 13.5. The number of hydrogen-bond donors (Lipinski definition) is 2. The number of alkyl halides is 3. The maximum Gasteiger partial charge on any atom is 0.416 e. The Morgan fingerprint density at radius 3 is 2.30 bits per heavy atom. The molecule has 5 nitrogen and oxygen atoms in total. The Morgan fingerprint density at radius 2 is 1.70 bits per heavy atom.